The number of amides is 2. The summed E-state index contributed by atoms with van der Waals surface area (Å²) in [6.45, 7) is 6.76. The molecule has 5 N–H and O–H groups in total. The molecule has 32 heavy (non-hydrogen) atoms. The second-order valence-corrected chi connectivity index (χ2v) is 12.1. The summed E-state index contributed by atoms with van der Waals surface area (Å²) in [5.74, 6) is -0.266. The van der Waals surface area contributed by atoms with Crippen molar-refractivity contribution in [2.24, 2.45) is 17.1 Å². The number of hydrogen-bond acceptors (Lipinski definition) is 6. The maximum absolute atomic E-state index is 13.2. The van der Waals surface area contributed by atoms with Gasteiger partial charge in [0.25, 0.3) is 11.8 Å². The molecule has 0 fully saturated rings. The predicted molar refractivity (Wildman–Crippen MR) is 132 cm³/mol. The smallest absolute Gasteiger partial charge is 0.268 e. The van der Waals surface area contributed by atoms with E-state index in [9.17, 15) is 9.59 Å². The summed E-state index contributed by atoms with van der Waals surface area (Å²) in [4.78, 5) is 32.7. The topological polar surface area (TPSA) is 111 Å². The van der Waals surface area contributed by atoms with Gasteiger partial charge in [0.2, 0.25) is 0 Å². The quantitative estimate of drug-likeness (QED) is 0.506. The molecule has 5 rings (SSSR count). The summed E-state index contributed by atoms with van der Waals surface area (Å²) in [5.41, 5.74) is 16.6. The standard InChI is InChI=1S/C24H28N4O2S2/c1-24(2,3)12-7-8-13-16(10-12)31-23(17(13)20(26)29)28-21(30)19-18(25)14-9-11-5-4-6-15(11)27-22(14)32-19/h9,12H,4-8,10,25H2,1-3H3,(H2,26,29)(H,28,30). The fourth-order valence-electron chi connectivity index (χ4n) is 5.00. The molecule has 0 aromatic carbocycles. The third-order valence-corrected chi connectivity index (χ3v) is 9.20. The van der Waals surface area contributed by atoms with E-state index in [1.54, 1.807) is 0 Å². The first-order valence-electron chi connectivity index (χ1n) is 11.1. The summed E-state index contributed by atoms with van der Waals surface area (Å²) < 4.78 is 0. The van der Waals surface area contributed by atoms with Gasteiger partial charge in [-0.25, -0.2) is 4.98 Å². The molecule has 2 aliphatic carbocycles. The number of primary amides is 1. The molecule has 168 valence electrons. The van der Waals surface area contributed by atoms with Gasteiger partial charge >= 0.3 is 0 Å². The summed E-state index contributed by atoms with van der Waals surface area (Å²) in [6.07, 6.45) is 5.82. The Hall–Kier alpha value is -2.45. The maximum Gasteiger partial charge on any atom is 0.268 e. The molecular weight excluding hydrogens is 440 g/mol. The highest BCUT2D eigenvalue weighted by Gasteiger charge is 2.34. The van der Waals surface area contributed by atoms with Crippen molar-refractivity contribution >= 4 is 55.4 Å². The third kappa shape index (κ3) is 3.49. The minimum Gasteiger partial charge on any atom is -0.397 e. The predicted octanol–water partition coefficient (Wildman–Crippen LogP) is 4.93. The largest absolute Gasteiger partial charge is 0.397 e. The number of anilines is 2. The molecule has 3 aromatic rings. The van der Waals surface area contributed by atoms with Crippen LogP contribution in [0.2, 0.25) is 0 Å². The lowest BCUT2D eigenvalue weighted by atomic mass is 9.72. The monoisotopic (exact) mass is 468 g/mol. The molecule has 0 saturated carbocycles. The van der Waals surface area contributed by atoms with E-state index >= 15 is 0 Å². The van der Waals surface area contributed by atoms with Crippen LogP contribution < -0.4 is 16.8 Å². The van der Waals surface area contributed by atoms with Gasteiger partial charge in [-0.3, -0.25) is 9.59 Å². The van der Waals surface area contributed by atoms with Gasteiger partial charge in [-0.15, -0.1) is 22.7 Å². The van der Waals surface area contributed by atoms with Gasteiger partial charge in [-0.05, 0) is 67.1 Å². The molecule has 2 aliphatic rings. The second-order valence-electron chi connectivity index (χ2n) is 9.98. The third-order valence-electron chi connectivity index (χ3n) is 6.92. The first kappa shape index (κ1) is 21.4. The lowest BCUT2D eigenvalue weighted by molar-refractivity contribution is 0.1000. The summed E-state index contributed by atoms with van der Waals surface area (Å²) in [7, 11) is 0. The van der Waals surface area contributed by atoms with Gasteiger partial charge in [-0.1, -0.05) is 20.8 Å². The summed E-state index contributed by atoms with van der Waals surface area (Å²) in [5, 5.41) is 4.34. The number of carbonyl (C=O) groups excluding carboxylic acids is 2. The second kappa shape index (κ2) is 7.56. The molecule has 1 unspecified atom stereocenters. The number of hydrogen-bond donors (Lipinski definition) is 3. The van der Waals surface area contributed by atoms with E-state index in [1.165, 1.54) is 28.2 Å². The number of pyridine rings is 1. The zero-order chi connectivity index (χ0) is 22.8. The lowest BCUT2D eigenvalue weighted by Gasteiger charge is -2.33. The Labute approximate surface area is 195 Å². The highest BCUT2D eigenvalue weighted by atomic mass is 32.1. The molecule has 0 saturated heterocycles. The van der Waals surface area contributed by atoms with Crippen LogP contribution >= 0.6 is 22.7 Å². The Bertz CT molecular complexity index is 1270. The van der Waals surface area contributed by atoms with E-state index in [4.69, 9.17) is 16.5 Å². The van der Waals surface area contributed by atoms with Gasteiger partial charge in [0.05, 0.1) is 11.3 Å². The molecule has 2 amide bonds. The van der Waals surface area contributed by atoms with Crippen LogP contribution in [-0.2, 0) is 25.7 Å². The van der Waals surface area contributed by atoms with Crippen LogP contribution in [0.25, 0.3) is 10.2 Å². The van der Waals surface area contributed by atoms with E-state index in [0.717, 1.165) is 64.9 Å². The van der Waals surface area contributed by atoms with Crippen molar-refractivity contribution in [1.29, 1.82) is 0 Å². The van der Waals surface area contributed by atoms with Crippen molar-refractivity contribution in [1.82, 2.24) is 4.98 Å². The Kier molecular flexibility index (Phi) is 5.05. The number of nitrogens with two attached hydrogens (primary N) is 2. The number of carbonyl (C=O) groups is 2. The van der Waals surface area contributed by atoms with Gasteiger partial charge in [0, 0.05) is 16.0 Å². The van der Waals surface area contributed by atoms with Crippen LogP contribution in [0.5, 0.6) is 0 Å². The minimum absolute atomic E-state index is 0.191. The first-order valence-corrected chi connectivity index (χ1v) is 12.7. The number of aromatic nitrogens is 1. The molecule has 1 atom stereocenters. The molecule has 0 radical (unpaired) electrons. The molecular formula is C24H28N4O2S2. The fourth-order valence-corrected chi connectivity index (χ4v) is 7.32. The maximum atomic E-state index is 13.2. The van der Waals surface area contributed by atoms with Crippen molar-refractivity contribution in [3.8, 4) is 0 Å². The van der Waals surface area contributed by atoms with Crippen molar-refractivity contribution < 1.29 is 9.59 Å². The van der Waals surface area contributed by atoms with Crippen LogP contribution in [0, 0.1) is 11.3 Å². The van der Waals surface area contributed by atoms with Crippen molar-refractivity contribution in [2.45, 2.75) is 59.3 Å². The minimum atomic E-state index is -0.491. The van der Waals surface area contributed by atoms with Gasteiger partial charge < -0.3 is 16.8 Å². The number of aryl methyl sites for hydroxylation is 2. The molecule has 8 heteroatoms. The SMILES string of the molecule is CC(C)(C)C1CCc2c(sc(NC(=O)c3sc4nc5c(cc4c3N)CCC5)c2C(N)=O)C1. The van der Waals surface area contributed by atoms with Gasteiger partial charge in [0.15, 0.2) is 0 Å². The van der Waals surface area contributed by atoms with Crippen molar-refractivity contribution in [2.75, 3.05) is 11.1 Å². The van der Waals surface area contributed by atoms with E-state index in [1.807, 2.05) is 0 Å². The van der Waals surface area contributed by atoms with Crippen LogP contribution in [0.3, 0.4) is 0 Å². The van der Waals surface area contributed by atoms with E-state index in [0.29, 0.717) is 27.0 Å². The zero-order valence-corrected chi connectivity index (χ0v) is 20.3. The van der Waals surface area contributed by atoms with E-state index in [2.05, 4.69) is 32.2 Å². The summed E-state index contributed by atoms with van der Waals surface area (Å²) >= 11 is 2.79. The number of nitrogen functional groups attached to an aromatic ring is 1. The van der Waals surface area contributed by atoms with Crippen molar-refractivity contribution in [3.63, 3.8) is 0 Å². The molecule has 0 aliphatic heterocycles. The number of fused-ring (bicyclic) bond motifs is 3. The number of thiophene rings is 2. The normalized spacial score (nSPS) is 17.9. The average Bonchev–Trinajstić information content (AvgIpc) is 3.40. The lowest BCUT2D eigenvalue weighted by Crippen LogP contribution is -2.27. The first-order chi connectivity index (χ1) is 15.1. The number of rotatable bonds is 3. The zero-order valence-electron chi connectivity index (χ0n) is 18.6. The Balaban J connectivity index is 1.48. The molecule has 3 aromatic heterocycles. The number of nitrogens with zero attached hydrogens (tertiary/aromatic N) is 1. The Morgan fingerprint density at radius 1 is 1.19 bits per heavy atom. The van der Waals surface area contributed by atoms with Gasteiger partial charge in [0.1, 0.15) is 14.7 Å². The van der Waals surface area contributed by atoms with E-state index in [-0.39, 0.29) is 11.3 Å². The summed E-state index contributed by atoms with van der Waals surface area (Å²) in [6, 6.07) is 2.08. The van der Waals surface area contributed by atoms with E-state index < -0.39 is 5.91 Å². The van der Waals surface area contributed by atoms with Crippen LogP contribution in [0.15, 0.2) is 6.07 Å². The number of nitrogens with one attached hydrogen (secondary N) is 1. The fraction of sp³-hybridized carbons (Fsp3) is 0.458. The Morgan fingerprint density at radius 3 is 2.69 bits per heavy atom. The molecule has 3 heterocycles. The molecule has 0 spiro atoms. The molecule has 6 nitrogen and oxygen atoms in total. The van der Waals surface area contributed by atoms with Crippen LogP contribution in [0.1, 0.15) is 75.3 Å². The van der Waals surface area contributed by atoms with Crippen molar-refractivity contribution in [3.05, 3.63) is 38.2 Å². The average molecular weight is 469 g/mol. The van der Waals surface area contributed by atoms with Crippen LogP contribution in [-0.4, -0.2) is 16.8 Å². The Morgan fingerprint density at radius 2 is 1.97 bits per heavy atom. The van der Waals surface area contributed by atoms with Gasteiger partial charge in [-0.2, -0.15) is 0 Å². The molecule has 0 bridgehead atoms. The highest BCUT2D eigenvalue weighted by molar-refractivity contribution is 7.21. The highest BCUT2D eigenvalue weighted by Crippen LogP contribution is 2.44. The van der Waals surface area contributed by atoms with Crippen LogP contribution in [0.4, 0.5) is 10.7 Å².